The van der Waals surface area contributed by atoms with Crippen LogP contribution < -0.4 is 10.2 Å². The maximum Gasteiger partial charge on any atom is 0.275 e. The number of benzene rings is 1. The molecule has 0 spiro atoms. The molecule has 7 nitrogen and oxygen atoms in total. The molecule has 1 aromatic rings. The van der Waals surface area contributed by atoms with E-state index in [1.54, 1.807) is 13.0 Å². The van der Waals surface area contributed by atoms with Crippen molar-refractivity contribution in [3.63, 3.8) is 0 Å². The molecule has 0 saturated heterocycles. The SMILES string of the molecule is COc1ccc(C(=O)N/N=C(C)/C(C)=N\O)c(O)c1. The first-order valence-corrected chi connectivity index (χ1v) is 5.40. The number of ether oxygens (including phenoxy) is 1. The van der Waals surface area contributed by atoms with Gasteiger partial charge in [0.2, 0.25) is 0 Å². The molecular formula is C12H15N3O4. The first kappa shape index (κ1) is 14.5. The summed E-state index contributed by atoms with van der Waals surface area (Å²) in [7, 11) is 1.46. The molecule has 0 fully saturated rings. The molecule has 0 radical (unpaired) electrons. The predicted octanol–water partition coefficient (Wildman–Crippen LogP) is 1.36. The van der Waals surface area contributed by atoms with Crippen LogP contribution in [0.3, 0.4) is 0 Å². The van der Waals surface area contributed by atoms with Crippen LogP contribution in [0, 0.1) is 0 Å². The number of hydrazone groups is 1. The van der Waals surface area contributed by atoms with Crippen LogP contribution >= 0.6 is 0 Å². The van der Waals surface area contributed by atoms with Crippen molar-refractivity contribution in [2.45, 2.75) is 13.8 Å². The third kappa shape index (κ3) is 3.70. The number of phenols is 1. The van der Waals surface area contributed by atoms with E-state index < -0.39 is 5.91 Å². The van der Waals surface area contributed by atoms with Gasteiger partial charge < -0.3 is 15.1 Å². The molecule has 1 aromatic carbocycles. The summed E-state index contributed by atoms with van der Waals surface area (Å²) in [6.45, 7) is 3.11. The number of hydrogen-bond acceptors (Lipinski definition) is 6. The van der Waals surface area contributed by atoms with Crippen LogP contribution in [0.25, 0.3) is 0 Å². The van der Waals surface area contributed by atoms with Gasteiger partial charge in [0.05, 0.1) is 24.1 Å². The Morgan fingerprint density at radius 2 is 2.00 bits per heavy atom. The Labute approximate surface area is 110 Å². The molecule has 0 aliphatic carbocycles. The molecule has 3 N–H and O–H groups in total. The van der Waals surface area contributed by atoms with Crippen molar-refractivity contribution in [3.8, 4) is 11.5 Å². The largest absolute Gasteiger partial charge is 0.507 e. The van der Waals surface area contributed by atoms with E-state index in [9.17, 15) is 9.90 Å². The molecule has 1 amide bonds. The predicted molar refractivity (Wildman–Crippen MR) is 70.1 cm³/mol. The van der Waals surface area contributed by atoms with Gasteiger partial charge in [-0.2, -0.15) is 5.10 Å². The minimum atomic E-state index is -0.578. The smallest absolute Gasteiger partial charge is 0.275 e. The van der Waals surface area contributed by atoms with E-state index in [-0.39, 0.29) is 17.0 Å². The number of carbonyl (C=O) groups excluding carboxylic acids is 1. The van der Waals surface area contributed by atoms with E-state index >= 15 is 0 Å². The lowest BCUT2D eigenvalue weighted by Crippen LogP contribution is -2.21. The number of hydrogen-bond donors (Lipinski definition) is 3. The van der Waals surface area contributed by atoms with Gasteiger partial charge in [0, 0.05) is 6.07 Å². The summed E-state index contributed by atoms with van der Waals surface area (Å²) in [5, 5.41) is 24.9. The van der Waals surface area contributed by atoms with E-state index in [2.05, 4.69) is 15.7 Å². The molecule has 1 rings (SSSR count). The average Bonchev–Trinajstić information content (AvgIpc) is 2.43. The molecule has 0 aliphatic heterocycles. The zero-order chi connectivity index (χ0) is 14.4. The van der Waals surface area contributed by atoms with Crippen molar-refractivity contribution in [1.29, 1.82) is 0 Å². The summed E-state index contributed by atoms with van der Waals surface area (Å²) in [6.07, 6.45) is 0. The van der Waals surface area contributed by atoms with Crippen LogP contribution in [-0.2, 0) is 0 Å². The molecule has 0 saturated carbocycles. The highest BCUT2D eigenvalue weighted by atomic mass is 16.5. The van der Waals surface area contributed by atoms with E-state index in [1.165, 1.54) is 26.2 Å². The first-order valence-electron chi connectivity index (χ1n) is 5.40. The summed E-state index contributed by atoms with van der Waals surface area (Å²) in [5.41, 5.74) is 2.94. The summed E-state index contributed by atoms with van der Waals surface area (Å²) >= 11 is 0. The maximum atomic E-state index is 11.8. The number of nitrogens with zero attached hydrogens (tertiary/aromatic N) is 2. The summed E-state index contributed by atoms with van der Waals surface area (Å²) in [4.78, 5) is 11.8. The summed E-state index contributed by atoms with van der Waals surface area (Å²) in [5.74, 6) is -0.348. The van der Waals surface area contributed by atoms with Crippen molar-refractivity contribution in [1.82, 2.24) is 5.43 Å². The standard InChI is InChI=1S/C12H15N3O4/c1-7(8(2)15-18)13-14-12(17)10-5-4-9(19-3)6-11(10)16/h4-6,16,18H,1-3H3,(H,14,17)/b13-7+,15-8-. The molecule has 0 atom stereocenters. The molecule has 0 aliphatic rings. The highest BCUT2D eigenvalue weighted by molar-refractivity contribution is 6.40. The van der Waals surface area contributed by atoms with Gasteiger partial charge in [-0.05, 0) is 26.0 Å². The fourth-order valence-corrected chi connectivity index (χ4v) is 1.18. The molecule has 0 heterocycles. The zero-order valence-corrected chi connectivity index (χ0v) is 10.8. The number of amides is 1. The normalized spacial score (nSPS) is 12.2. The molecular weight excluding hydrogens is 250 g/mol. The Hall–Kier alpha value is -2.57. The van der Waals surface area contributed by atoms with Gasteiger partial charge in [-0.25, -0.2) is 5.43 Å². The minimum absolute atomic E-state index is 0.0657. The number of phenolic OH excluding ortho intramolecular Hbond substituents is 1. The van der Waals surface area contributed by atoms with Gasteiger partial charge in [0.1, 0.15) is 11.5 Å². The number of carbonyl (C=O) groups is 1. The number of oxime groups is 1. The van der Waals surface area contributed by atoms with Crippen molar-refractivity contribution >= 4 is 17.3 Å². The number of nitrogens with one attached hydrogen (secondary N) is 1. The van der Waals surface area contributed by atoms with Crippen LogP contribution in [0.15, 0.2) is 28.5 Å². The summed E-state index contributed by atoms with van der Waals surface area (Å²) < 4.78 is 4.91. The Morgan fingerprint density at radius 3 is 2.53 bits per heavy atom. The van der Waals surface area contributed by atoms with Crippen LogP contribution in [0.1, 0.15) is 24.2 Å². The van der Waals surface area contributed by atoms with E-state index in [0.717, 1.165) is 0 Å². The third-order valence-corrected chi connectivity index (χ3v) is 2.45. The Morgan fingerprint density at radius 1 is 1.32 bits per heavy atom. The molecule has 0 unspecified atom stereocenters. The van der Waals surface area contributed by atoms with Crippen molar-refractivity contribution in [2.75, 3.05) is 7.11 Å². The van der Waals surface area contributed by atoms with E-state index in [1.807, 2.05) is 0 Å². The Balaban J connectivity index is 2.85. The average molecular weight is 265 g/mol. The fourth-order valence-electron chi connectivity index (χ4n) is 1.18. The third-order valence-electron chi connectivity index (χ3n) is 2.45. The first-order chi connectivity index (χ1) is 8.99. The van der Waals surface area contributed by atoms with Gasteiger partial charge in [0.25, 0.3) is 5.91 Å². The van der Waals surface area contributed by atoms with Gasteiger partial charge in [-0.1, -0.05) is 5.16 Å². The quantitative estimate of drug-likeness (QED) is 0.434. The van der Waals surface area contributed by atoms with Crippen molar-refractivity contribution < 1.29 is 19.8 Å². The zero-order valence-electron chi connectivity index (χ0n) is 10.8. The molecule has 0 bridgehead atoms. The number of aromatic hydroxyl groups is 1. The van der Waals surface area contributed by atoms with Gasteiger partial charge in [0.15, 0.2) is 0 Å². The lowest BCUT2D eigenvalue weighted by atomic mass is 10.2. The highest BCUT2D eigenvalue weighted by Crippen LogP contribution is 2.23. The maximum absolute atomic E-state index is 11.8. The molecule has 7 heteroatoms. The Bertz CT molecular complexity index is 538. The van der Waals surface area contributed by atoms with Gasteiger partial charge in [-0.15, -0.1) is 0 Å². The monoisotopic (exact) mass is 265 g/mol. The second-order valence-electron chi connectivity index (χ2n) is 3.71. The van der Waals surface area contributed by atoms with Crippen LogP contribution in [0.4, 0.5) is 0 Å². The van der Waals surface area contributed by atoms with Gasteiger partial charge >= 0.3 is 0 Å². The van der Waals surface area contributed by atoms with Crippen molar-refractivity contribution in [3.05, 3.63) is 23.8 Å². The van der Waals surface area contributed by atoms with Crippen molar-refractivity contribution in [2.24, 2.45) is 10.3 Å². The second kappa shape index (κ2) is 6.39. The van der Waals surface area contributed by atoms with E-state index in [0.29, 0.717) is 11.5 Å². The molecule has 0 aromatic heterocycles. The number of rotatable bonds is 4. The molecule has 19 heavy (non-hydrogen) atoms. The van der Waals surface area contributed by atoms with E-state index in [4.69, 9.17) is 9.94 Å². The lowest BCUT2D eigenvalue weighted by Gasteiger charge is -2.06. The second-order valence-corrected chi connectivity index (χ2v) is 3.71. The topological polar surface area (TPSA) is 104 Å². The lowest BCUT2D eigenvalue weighted by molar-refractivity contribution is 0.0952. The van der Waals surface area contributed by atoms with Crippen LogP contribution in [0.5, 0.6) is 11.5 Å². The van der Waals surface area contributed by atoms with Crippen LogP contribution in [0.2, 0.25) is 0 Å². The Kier molecular flexibility index (Phi) is 4.87. The number of methoxy groups -OCH3 is 1. The molecule has 102 valence electrons. The fraction of sp³-hybridized carbons (Fsp3) is 0.250. The van der Waals surface area contributed by atoms with Crippen LogP contribution in [-0.4, -0.2) is 34.8 Å². The van der Waals surface area contributed by atoms with Gasteiger partial charge in [-0.3, -0.25) is 4.79 Å². The minimum Gasteiger partial charge on any atom is -0.507 e. The highest BCUT2D eigenvalue weighted by Gasteiger charge is 2.11. The summed E-state index contributed by atoms with van der Waals surface area (Å²) in [6, 6.07) is 4.29.